The van der Waals surface area contributed by atoms with Gasteiger partial charge in [0.2, 0.25) is 0 Å². The highest BCUT2D eigenvalue weighted by Crippen LogP contribution is 2.28. The maximum atomic E-state index is 12.6. The van der Waals surface area contributed by atoms with Gasteiger partial charge in [-0.05, 0) is 17.7 Å². The Hall–Kier alpha value is -3.17. The van der Waals surface area contributed by atoms with E-state index in [4.69, 9.17) is 9.47 Å². The van der Waals surface area contributed by atoms with Gasteiger partial charge in [0.05, 0.1) is 42.6 Å². The number of benzene rings is 1. The van der Waals surface area contributed by atoms with Gasteiger partial charge in [-0.25, -0.2) is 9.78 Å². The lowest BCUT2D eigenvalue weighted by molar-refractivity contribution is 0.105. The van der Waals surface area contributed by atoms with Crippen LogP contribution in [-0.4, -0.2) is 26.2 Å². The number of fused-ring (bicyclic) bond motifs is 1. The summed E-state index contributed by atoms with van der Waals surface area (Å²) in [4.78, 5) is 32.4. The molecule has 0 unspecified atom stereocenters. The highest BCUT2D eigenvalue weighted by Gasteiger charge is 2.17. The number of aromatic nitrogens is 4. The number of hydrogen-bond donors (Lipinski definition) is 1. The summed E-state index contributed by atoms with van der Waals surface area (Å²) in [5.41, 5.74) is 2.29. The predicted molar refractivity (Wildman–Crippen MR) is 111 cm³/mol. The number of aromatic amines is 1. The molecule has 0 aliphatic rings. The Morgan fingerprint density at radius 3 is 2.59 bits per heavy atom. The van der Waals surface area contributed by atoms with Crippen molar-refractivity contribution in [3.05, 3.63) is 67.9 Å². The Morgan fingerprint density at radius 2 is 1.86 bits per heavy atom. The van der Waals surface area contributed by atoms with Crippen LogP contribution in [0.4, 0.5) is 0 Å². The van der Waals surface area contributed by atoms with Crippen molar-refractivity contribution < 1.29 is 9.47 Å². The molecule has 0 bridgehead atoms. The second kappa shape index (κ2) is 7.69. The van der Waals surface area contributed by atoms with Crippen molar-refractivity contribution in [1.82, 2.24) is 19.1 Å². The summed E-state index contributed by atoms with van der Waals surface area (Å²) >= 11 is 1.42. The summed E-state index contributed by atoms with van der Waals surface area (Å²) in [6.45, 7) is 0.822. The number of rotatable bonds is 6. The molecule has 9 heteroatoms. The highest BCUT2D eigenvalue weighted by atomic mass is 32.1. The van der Waals surface area contributed by atoms with Crippen LogP contribution in [0.25, 0.3) is 21.6 Å². The standard InChI is InChI=1S/C20H20N4O4S/c1-23-15-8-21-17(16(15)19(25)24(2)20(23)26)18-22-13(11-29-18)10-28-9-12-4-6-14(27-3)7-5-12/h4-8,11,21H,9-10H2,1-3H3. The number of thiazole rings is 1. The third-order valence-electron chi connectivity index (χ3n) is 4.76. The van der Waals surface area contributed by atoms with Crippen LogP contribution in [-0.2, 0) is 32.0 Å². The minimum absolute atomic E-state index is 0.341. The maximum absolute atomic E-state index is 12.6. The monoisotopic (exact) mass is 412 g/mol. The second-order valence-corrected chi connectivity index (χ2v) is 7.47. The molecule has 0 saturated heterocycles. The molecule has 0 amide bonds. The number of nitrogens with one attached hydrogen (secondary N) is 1. The SMILES string of the molecule is COc1ccc(COCc2csc(-c3[nH]cc4c3c(=O)n(C)c(=O)n4C)n2)cc1. The molecule has 0 fully saturated rings. The lowest BCUT2D eigenvalue weighted by atomic mass is 10.2. The van der Waals surface area contributed by atoms with Crippen LogP contribution in [0.2, 0.25) is 0 Å². The smallest absolute Gasteiger partial charge is 0.330 e. The predicted octanol–water partition coefficient (Wildman–Crippen LogP) is 2.41. The largest absolute Gasteiger partial charge is 0.497 e. The fraction of sp³-hybridized carbons (Fsp3) is 0.250. The summed E-state index contributed by atoms with van der Waals surface area (Å²) < 4.78 is 13.5. The van der Waals surface area contributed by atoms with Crippen molar-refractivity contribution >= 4 is 22.2 Å². The van der Waals surface area contributed by atoms with Gasteiger partial charge in [0.1, 0.15) is 10.8 Å². The fourth-order valence-electron chi connectivity index (χ4n) is 3.13. The lowest BCUT2D eigenvalue weighted by Crippen LogP contribution is -2.36. The van der Waals surface area contributed by atoms with Crippen LogP contribution in [0.15, 0.2) is 45.4 Å². The maximum Gasteiger partial charge on any atom is 0.330 e. The molecule has 150 valence electrons. The Morgan fingerprint density at radius 1 is 1.10 bits per heavy atom. The van der Waals surface area contributed by atoms with Gasteiger partial charge in [0, 0.05) is 25.7 Å². The quantitative estimate of drug-likeness (QED) is 0.525. The third kappa shape index (κ3) is 3.50. The average Bonchev–Trinajstić information content (AvgIpc) is 3.38. The van der Waals surface area contributed by atoms with E-state index in [-0.39, 0.29) is 11.2 Å². The Kier molecular flexibility index (Phi) is 5.08. The molecular weight excluding hydrogens is 392 g/mol. The third-order valence-corrected chi connectivity index (χ3v) is 5.67. The van der Waals surface area contributed by atoms with E-state index in [1.165, 1.54) is 23.0 Å². The summed E-state index contributed by atoms with van der Waals surface area (Å²) in [6, 6.07) is 7.69. The molecule has 3 aromatic heterocycles. The molecule has 4 rings (SSSR count). The molecule has 0 saturated carbocycles. The van der Waals surface area contributed by atoms with Crippen molar-refractivity contribution in [3.8, 4) is 16.5 Å². The average molecular weight is 412 g/mol. The van der Waals surface area contributed by atoms with Crippen molar-refractivity contribution in [1.29, 1.82) is 0 Å². The zero-order valence-electron chi connectivity index (χ0n) is 16.3. The van der Waals surface area contributed by atoms with Crippen molar-refractivity contribution in [2.75, 3.05) is 7.11 Å². The van der Waals surface area contributed by atoms with Gasteiger partial charge in [-0.2, -0.15) is 0 Å². The number of nitrogens with zero attached hydrogens (tertiary/aromatic N) is 3. The molecule has 8 nitrogen and oxygen atoms in total. The second-order valence-electron chi connectivity index (χ2n) is 6.61. The van der Waals surface area contributed by atoms with E-state index in [0.29, 0.717) is 34.8 Å². The molecule has 0 aliphatic heterocycles. The number of ether oxygens (including phenoxy) is 2. The number of H-pyrrole nitrogens is 1. The topological polar surface area (TPSA) is 91.1 Å². The molecular formula is C20H20N4O4S. The summed E-state index contributed by atoms with van der Waals surface area (Å²) in [5.74, 6) is 0.805. The Labute approximate surface area is 170 Å². The minimum atomic E-state index is -0.361. The van der Waals surface area contributed by atoms with E-state index in [9.17, 15) is 9.59 Å². The molecule has 1 N–H and O–H groups in total. The van der Waals surface area contributed by atoms with Gasteiger partial charge in [-0.15, -0.1) is 11.3 Å². The fourth-order valence-corrected chi connectivity index (χ4v) is 3.95. The van der Waals surface area contributed by atoms with Crippen molar-refractivity contribution in [3.63, 3.8) is 0 Å². The minimum Gasteiger partial charge on any atom is -0.497 e. The first kappa shape index (κ1) is 19.2. The molecule has 0 spiro atoms. The molecule has 0 aliphatic carbocycles. The van der Waals surface area contributed by atoms with Gasteiger partial charge in [-0.1, -0.05) is 12.1 Å². The van der Waals surface area contributed by atoms with E-state index in [1.54, 1.807) is 20.4 Å². The first-order chi connectivity index (χ1) is 14.0. The van der Waals surface area contributed by atoms with Gasteiger partial charge < -0.3 is 14.5 Å². The van der Waals surface area contributed by atoms with E-state index >= 15 is 0 Å². The van der Waals surface area contributed by atoms with Crippen LogP contribution in [0.3, 0.4) is 0 Å². The van der Waals surface area contributed by atoms with E-state index in [2.05, 4.69) is 9.97 Å². The van der Waals surface area contributed by atoms with Gasteiger partial charge in [0.15, 0.2) is 0 Å². The lowest BCUT2D eigenvalue weighted by Gasteiger charge is -2.04. The Bertz CT molecular complexity index is 1280. The summed E-state index contributed by atoms with van der Waals surface area (Å²) in [6.07, 6.45) is 1.66. The molecule has 4 aromatic rings. The normalized spacial score (nSPS) is 11.3. The van der Waals surface area contributed by atoms with Crippen LogP contribution in [0.5, 0.6) is 5.75 Å². The zero-order chi connectivity index (χ0) is 20.5. The zero-order valence-corrected chi connectivity index (χ0v) is 17.1. The van der Waals surface area contributed by atoms with E-state index in [1.807, 2.05) is 29.6 Å². The highest BCUT2D eigenvalue weighted by molar-refractivity contribution is 7.13. The van der Waals surface area contributed by atoms with Crippen LogP contribution < -0.4 is 16.0 Å². The van der Waals surface area contributed by atoms with Crippen molar-refractivity contribution in [2.45, 2.75) is 13.2 Å². The first-order valence-corrected chi connectivity index (χ1v) is 9.80. The molecule has 29 heavy (non-hydrogen) atoms. The first-order valence-electron chi connectivity index (χ1n) is 8.92. The number of methoxy groups -OCH3 is 1. The molecule has 1 aromatic carbocycles. The van der Waals surface area contributed by atoms with Crippen LogP contribution >= 0.6 is 11.3 Å². The van der Waals surface area contributed by atoms with Crippen LogP contribution in [0.1, 0.15) is 11.3 Å². The van der Waals surface area contributed by atoms with E-state index in [0.717, 1.165) is 21.6 Å². The summed E-state index contributed by atoms with van der Waals surface area (Å²) in [7, 11) is 4.75. The molecule has 0 radical (unpaired) electrons. The molecule has 0 atom stereocenters. The van der Waals surface area contributed by atoms with Gasteiger partial charge >= 0.3 is 5.69 Å². The van der Waals surface area contributed by atoms with Crippen LogP contribution in [0, 0.1) is 0 Å². The Balaban J connectivity index is 1.53. The molecule has 3 heterocycles. The van der Waals surface area contributed by atoms with Gasteiger partial charge in [0.25, 0.3) is 5.56 Å². The van der Waals surface area contributed by atoms with E-state index < -0.39 is 0 Å². The van der Waals surface area contributed by atoms with Gasteiger partial charge in [-0.3, -0.25) is 13.9 Å². The number of aryl methyl sites for hydroxylation is 1. The number of hydrogen-bond acceptors (Lipinski definition) is 6. The summed E-state index contributed by atoms with van der Waals surface area (Å²) in [5, 5.41) is 3.04. The van der Waals surface area contributed by atoms with Crippen molar-refractivity contribution in [2.24, 2.45) is 14.1 Å².